The first kappa shape index (κ1) is 30.0. The van der Waals surface area contributed by atoms with Crippen molar-refractivity contribution < 1.29 is 19.2 Å². The standard InChI is InChI=1S/2Ca.2H3N.H3O4P/c;;;;1-5(2,3)4/h;;2*1H3;(H3,1,2,3,4). The predicted octanol–water partition coefficient (Wildman–Crippen LogP) is -2.20. The van der Waals surface area contributed by atoms with Crippen molar-refractivity contribution in [3.63, 3.8) is 0 Å². The molecule has 0 aliphatic heterocycles. The first-order valence-corrected chi connectivity index (χ1v) is 2.24. The summed E-state index contributed by atoms with van der Waals surface area (Å²) in [6.07, 6.45) is 0. The van der Waals surface area contributed by atoms with Gasteiger partial charge in [-0.15, -0.1) is 0 Å². The van der Waals surface area contributed by atoms with E-state index in [1.165, 1.54) is 0 Å². The first-order valence-electron chi connectivity index (χ1n) is 0.748. The molecule has 0 atom stereocenters. The van der Waals surface area contributed by atoms with Gasteiger partial charge in [0.25, 0.3) is 0 Å². The second-order valence-electron chi connectivity index (χ2n) is 0.469. The zero-order valence-electron chi connectivity index (χ0n) is 5.53. The van der Waals surface area contributed by atoms with E-state index < -0.39 is 7.82 Å². The Hall–Kier alpha value is 2.55. The normalized spacial score (nSPS) is 6.56. The maximum absolute atomic E-state index is 8.66. The average Bonchev–Trinajstić information content (AvgIpc) is 0.722. The Bertz CT molecular complexity index is 62.7. The molecule has 9 heavy (non-hydrogen) atoms. The molecule has 0 fully saturated rings. The number of hydrogen-bond acceptors (Lipinski definition) is 3. The molecular weight excluding hydrogens is 203 g/mol. The third-order valence-corrected chi connectivity index (χ3v) is 0. The molecule has 0 aliphatic rings. The number of phosphoric acid groups is 1. The van der Waals surface area contributed by atoms with Crippen LogP contribution >= 0.6 is 7.82 Å². The van der Waals surface area contributed by atoms with Gasteiger partial charge in [0.1, 0.15) is 0 Å². The van der Waals surface area contributed by atoms with Crippen LogP contribution in [0.5, 0.6) is 0 Å². The largest absolute Gasteiger partial charge is 0.790 e. The van der Waals surface area contributed by atoms with Gasteiger partial charge >= 0.3 is 0 Å². The molecule has 0 rings (SSSR count). The van der Waals surface area contributed by atoms with E-state index in [-0.39, 0.29) is 87.8 Å². The van der Waals surface area contributed by atoms with E-state index in [2.05, 4.69) is 0 Å². The summed E-state index contributed by atoms with van der Waals surface area (Å²) in [7, 11) is -5.14. The molecule has 4 radical (unpaired) electrons. The Kier molecular flexibility index (Phi) is 43.8. The molecule has 0 spiro atoms. The monoisotopic (exact) mass is 212 g/mol. The van der Waals surface area contributed by atoms with Crippen molar-refractivity contribution in [1.29, 1.82) is 0 Å². The van der Waals surface area contributed by atoms with Crippen LogP contribution in [-0.2, 0) is 4.57 Å². The summed E-state index contributed by atoms with van der Waals surface area (Å²) in [6.45, 7) is 0. The fourth-order valence-corrected chi connectivity index (χ4v) is 0. The van der Waals surface area contributed by atoms with Gasteiger partial charge in [0.15, 0.2) is 0 Å². The van der Waals surface area contributed by atoms with Crippen molar-refractivity contribution in [2.24, 2.45) is 0 Å². The third-order valence-electron chi connectivity index (χ3n) is 0. The molecule has 6 nitrogen and oxygen atoms in total. The van der Waals surface area contributed by atoms with Crippen LogP contribution in [0.3, 0.4) is 0 Å². The van der Waals surface area contributed by atoms with E-state index in [0.717, 1.165) is 0 Å². The molecule has 0 aliphatic carbocycles. The van der Waals surface area contributed by atoms with Crippen molar-refractivity contribution in [2.45, 2.75) is 0 Å². The molecule has 0 bridgehead atoms. The second-order valence-corrected chi connectivity index (χ2v) is 1.41. The molecule has 0 aromatic rings. The summed E-state index contributed by atoms with van der Waals surface area (Å²) >= 11 is 0. The third kappa shape index (κ3) is 119. The molecule has 0 unspecified atom stereocenters. The molecule has 0 saturated heterocycles. The summed E-state index contributed by atoms with van der Waals surface area (Å²) in [5, 5.41) is 0. The molecule has 0 amide bonds. The van der Waals surface area contributed by atoms with Crippen LogP contribution in [0.4, 0.5) is 0 Å². The topological polar surface area (TPSA) is 156 Å². The molecule has 9 N–H and O–H groups in total. The van der Waals surface area contributed by atoms with Crippen LogP contribution in [0.2, 0.25) is 0 Å². The van der Waals surface area contributed by atoms with E-state index in [9.17, 15) is 0 Å². The zero-order valence-corrected chi connectivity index (χ0v) is 10.8. The van der Waals surface area contributed by atoms with Gasteiger partial charge in [-0.3, -0.25) is 0 Å². The number of hydrogen-bond donors (Lipinski definition) is 3. The molecule has 0 heterocycles. The maximum atomic E-state index is 8.66. The fraction of sp³-hybridized carbons (Fsp3) is 0. The second kappa shape index (κ2) is 13.2. The minimum atomic E-state index is -5.14. The van der Waals surface area contributed by atoms with Crippen LogP contribution in [0.15, 0.2) is 0 Å². The summed E-state index contributed by atoms with van der Waals surface area (Å²) in [6, 6.07) is 0. The molecule has 0 aromatic heterocycles. The summed E-state index contributed by atoms with van der Waals surface area (Å²) in [5.41, 5.74) is 0. The van der Waals surface area contributed by atoms with Gasteiger partial charge in [-0.05, 0) is 0 Å². The van der Waals surface area contributed by atoms with Gasteiger partial charge in [-0.2, -0.15) is 0 Å². The Morgan fingerprint density at radius 3 is 1.11 bits per heavy atom. The van der Waals surface area contributed by atoms with Gasteiger partial charge in [0.05, 0.1) is 7.82 Å². The molecular formula is H9Ca2N2O4P. The van der Waals surface area contributed by atoms with Gasteiger partial charge in [-0.1, -0.05) is 0 Å². The predicted molar refractivity (Wildman–Crippen MR) is 33.3 cm³/mol. The van der Waals surface area contributed by atoms with Crippen molar-refractivity contribution in [1.82, 2.24) is 12.3 Å². The van der Waals surface area contributed by atoms with E-state index in [1.54, 1.807) is 0 Å². The minimum Gasteiger partial charge on any atom is -0.790 e. The van der Waals surface area contributed by atoms with Crippen LogP contribution in [0, 0.1) is 0 Å². The Labute approximate surface area is 113 Å². The van der Waals surface area contributed by atoms with Crippen molar-refractivity contribution >= 4 is 83.3 Å². The van der Waals surface area contributed by atoms with Gasteiger partial charge < -0.3 is 31.5 Å². The molecule has 9 heteroatoms. The maximum Gasteiger partial charge on any atom is 0.0557 e. The van der Waals surface area contributed by atoms with Gasteiger partial charge in [0, 0.05) is 75.5 Å². The SMILES string of the molecule is O=P([O-])([O-])O.[Ca].[Ca].[NH4+].[NH4+]. The quantitative estimate of drug-likeness (QED) is 0.307. The van der Waals surface area contributed by atoms with Crippen LogP contribution in [0.1, 0.15) is 0 Å². The van der Waals surface area contributed by atoms with Gasteiger partial charge in [-0.25, -0.2) is 0 Å². The van der Waals surface area contributed by atoms with E-state index >= 15 is 0 Å². The average molecular weight is 212 g/mol. The molecule has 0 aromatic carbocycles. The summed E-state index contributed by atoms with van der Waals surface area (Å²) < 4.78 is 8.66. The summed E-state index contributed by atoms with van der Waals surface area (Å²) in [4.78, 5) is 24.3. The van der Waals surface area contributed by atoms with E-state index in [4.69, 9.17) is 19.2 Å². The van der Waals surface area contributed by atoms with E-state index in [0.29, 0.717) is 0 Å². The smallest absolute Gasteiger partial charge is 0.0557 e. The van der Waals surface area contributed by atoms with Crippen molar-refractivity contribution in [2.75, 3.05) is 0 Å². The van der Waals surface area contributed by atoms with Crippen LogP contribution < -0.4 is 22.1 Å². The van der Waals surface area contributed by atoms with Gasteiger partial charge in [0.2, 0.25) is 0 Å². The minimum absolute atomic E-state index is 0. The summed E-state index contributed by atoms with van der Waals surface area (Å²) in [5.74, 6) is 0. The number of rotatable bonds is 0. The zero-order chi connectivity index (χ0) is 4.50. The van der Waals surface area contributed by atoms with Crippen LogP contribution in [-0.4, -0.2) is 80.4 Å². The fourth-order valence-electron chi connectivity index (χ4n) is 0. The Morgan fingerprint density at radius 2 is 1.11 bits per heavy atom. The van der Waals surface area contributed by atoms with Crippen molar-refractivity contribution in [3.8, 4) is 0 Å². The molecule has 52 valence electrons. The molecule has 0 saturated carbocycles. The number of quaternary nitrogens is 2. The Balaban J connectivity index is -0.0000000133. The van der Waals surface area contributed by atoms with Crippen molar-refractivity contribution in [3.05, 3.63) is 0 Å². The first-order chi connectivity index (χ1) is 2.00. The Morgan fingerprint density at radius 1 is 1.11 bits per heavy atom. The van der Waals surface area contributed by atoms with E-state index in [1.807, 2.05) is 0 Å². The van der Waals surface area contributed by atoms with Crippen LogP contribution in [0.25, 0.3) is 0 Å².